The number of ketones is 1. The summed E-state index contributed by atoms with van der Waals surface area (Å²) in [5.74, 6) is 0.340. The molecule has 0 radical (unpaired) electrons. The number of amides is 1. The lowest BCUT2D eigenvalue weighted by atomic mass is 10.1. The average Bonchev–Trinajstić information content (AvgIpc) is 2.61. The van der Waals surface area contributed by atoms with Gasteiger partial charge in [-0.25, -0.2) is 0 Å². The van der Waals surface area contributed by atoms with Crippen molar-refractivity contribution >= 4 is 11.7 Å². The summed E-state index contributed by atoms with van der Waals surface area (Å²) in [4.78, 5) is 24.3. The Labute approximate surface area is 91.0 Å². The number of hydrogen-bond donors (Lipinski definition) is 1. The predicted octanol–water partition coefficient (Wildman–Crippen LogP) is 0.424. The number of Topliss-reactive ketones (excluding diaryl/α,β-unsaturated/α-hetero) is 1. The lowest BCUT2D eigenvalue weighted by Gasteiger charge is -2.13. The van der Waals surface area contributed by atoms with Crippen molar-refractivity contribution in [2.24, 2.45) is 5.92 Å². The van der Waals surface area contributed by atoms with Gasteiger partial charge >= 0.3 is 0 Å². The van der Waals surface area contributed by atoms with Crippen molar-refractivity contribution < 1.29 is 9.59 Å². The Bertz CT molecular complexity index is 241. The van der Waals surface area contributed by atoms with Crippen molar-refractivity contribution in [1.29, 1.82) is 0 Å². The van der Waals surface area contributed by atoms with Crippen molar-refractivity contribution in [3.63, 3.8) is 0 Å². The molecule has 4 nitrogen and oxygen atoms in total. The summed E-state index contributed by atoms with van der Waals surface area (Å²) in [6, 6.07) is 0. The first-order valence-electron chi connectivity index (χ1n) is 5.60. The fraction of sp³-hybridized carbons (Fsp3) is 0.818. The molecular formula is C11H20N2O2. The fourth-order valence-corrected chi connectivity index (χ4v) is 1.91. The number of carbonyl (C=O) groups excluding carboxylic acids is 2. The zero-order valence-corrected chi connectivity index (χ0v) is 9.58. The van der Waals surface area contributed by atoms with E-state index < -0.39 is 0 Å². The number of rotatable bonds is 5. The first kappa shape index (κ1) is 12.2. The summed E-state index contributed by atoms with van der Waals surface area (Å²) in [5, 5.41) is 2.81. The Morgan fingerprint density at radius 2 is 2.20 bits per heavy atom. The van der Waals surface area contributed by atoms with Gasteiger partial charge in [0.05, 0.1) is 6.42 Å². The van der Waals surface area contributed by atoms with Gasteiger partial charge in [0.25, 0.3) is 0 Å². The second-order valence-electron chi connectivity index (χ2n) is 4.23. The maximum absolute atomic E-state index is 11.2. The summed E-state index contributed by atoms with van der Waals surface area (Å²) >= 11 is 0. The Kier molecular flexibility index (Phi) is 4.75. The SMILES string of the molecule is CCN1CCC(CNC(=O)CC(C)=O)C1. The molecule has 86 valence electrons. The summed E-state index contributed by atoms with van der Waals surface area (Å²) < 4.78 is 0. The van der Waals surface area contributed by atoms with Gasteiger partial charge in [0.2, 0.25) is 5.91 Å². The molecule has 1 saturated heterocycles. The topological polar surface area (TPSA) is 49.4 Å². The molecule has 0 aromatic heterocycles. The highest BCUT2D eigenvalue weighted by Gasteiger charge is 2.21. The molecule has 0 aromatic rings. The smallest absolute Gasteiger partial charge is 0.227 e. The maximum atomic E-state index is 11.2. The van der Waals surface area contributed by atoms with Crippen molar-refractivity contribution in [2.75, 3.05) is 26.2 Å². The minimum atomic E-state index is -0.141. The van der Waals surface area contributed by atoms with Crippen LogP contribution < -0.4 is 5.32 Å². The van der Waals surface area contributed by atoms with Crippen LogP contribution in [0.5, 0.6) is 0 Å². The standard InChI is InChI=1S/C11H20N2O2/c1-3-13-5-4-10(8-13)7-12-11(15)6-9(2)14/h10H,3-8H2,1-2H3,(H,12,15). The minimum absolute atomic E-state index is 0.0181. The van der Waals surface area contributed by atoms with Crippen LogP contribution in [0.3, 0.4) is 0 Å². The second-order valence-corrected chi connectivity index (χ2v) is 4.23. The number of carbonyl (C=O) groups is 2. The van der Waals surface area contributed by atoms with E-state index in [0.29, 0.717) is 12.5 Å². The maximum Gasteiger partial charge on any atom is 0.227 e. The zero-order valence-electron chi connectivity index (χ0n) is 9.58. The van der Waals surface area contributed by atoms with Crippen LogP contribution >= 0.6 is 0 Å². The van der Waals surface area contributed by atoms with Crippen LogP contribution in [0.25, 0.3) is 0 Å². The van der Waals surface area contributed by atoms with E-state index in [1.54, 1.807) is 0 Å². The molecule has 1 atom stereocenters. The minimum Gasteiger partial charge on any atom is -0.355 e. The fourth-order valence-electron chi connectivity index (χ4n) is 1.91. The van der Waals surface area contributed by atoms with Gasteiger partial charge in [-0.15, -0.1) is 0 Å². The Balaban J connectivity index is 2.15. The Hall–Kier alpha value is -0.900. The number of likely N-dealkylation sites (tertiary alicyclic amines) is 1. The molecule has 0 bridgehead atoms. The van der Waals surface area contributed by atoms with Crippen molar-refractivity contribution in [1.82, 2.24) is 10.2 Å². The van der Waals surface area contributed by atoms with E-state index in [1.807, 2.05) is 0 Å². The van der Waals surface area contributed by atoms with Gasteiger partial charge in [0, 0.05) is 13.1 Å². The van der Waals surface area contributed by atoms with E-state index >= 15 is 0 Å². The molecule has 4 heteroatoms. The molecule has 0 spiro atoms. The second kappa shape index (κ2) is 5.85. The molecule has 0 aliphatic carbocycles. The summed E-state index contributed by atoms with van der Waals surface area (Å²) in [6.07, 6.45) is 1.17. The molecule has 0 saturated carbocycles. The highest BCUT2D eigenvalue weighted by atomic mass is 16.2. The van der Waals surface area contributed by atoms with E-state index in [1.165, 1.54) is 6.92 Å². The van der Waals surface area contributed by atoms with E-state index in [2.05, 4.69) is 17.1 Å². The highest BCUT2D eigenvalue weighted by molar-refractivity contribution is 5.96. The lowest BCUT2D eigenvalue weighted by molar-refractivity contribution is -0.127. The molecular weight excluding hydrogens is 192 g/mol. The van der Waals surface area contributed by atoms with Crippen LogP contribution in [0.4, 0.5) is 0 Å². The number of nitrogens with one attached hydrogen (secondary N) is 1. The molecule has 1 heterocycles. The van der Waals surface area contributed by atoms with Crippen molar-refractivity contribution in [3.8, 4) is 0 Å². The average molecular weight is 212 g/mol. The third-order valence-electron chi connectivity index (χ3n) is 2.81. The number of nitrogens with zero attached hydrogens (tertiary/aromatic N) is 1. The molecule has 1 fully saturated rings. The van der Waals surface area contributed by atoms with Crippen LogP contribution in [0.1, 0.15) is 26.7 Å². The van der Waals surface area contributed by atoms with Gasteiger partial charge in [0.15, 0.2) is 0 Å². The van der Waals surface area contributed by atoms with Crippen LogP contribution in [-0.2, 0) is 9.59 Å². The third-order valence-corrected chi connectivity index (χ3v) is 2.81. The lowest BCUT2D eigenvalue weighted by Crippen LogP contribution is -2.31. The van der Waals surface area contributed by atoms with Gasteiger partial charge in [-0.1, -0.05) is 6.92 Å². The molecule has 0 aromatic carbocycles. The molecule has 1 amide bonds. The van der Waals surface area contributed by atoms with Crippen molar-refractivity contribution in [3.05, 3.63) is 0 Å². The van der Waals surface area contributed by atoms with E-state index in [9.17, 15) is 9.59 Å². The Morgan fingerprint density at radius 1 is 1.47 bits per heavy atom. The van der Waals surface area contributed by atoms with Crippen LogP contribution in [0.15, 0.2) is 0 Å². The normalized spacial score (nSPS) is 21.6. The van der Waals surface area contributed by atoms with Gasteiger partial charge in [0.1, 0.15) is 5.78 Å². The predicted molar refractivity (Wildman–Crippen MR) is 58.5 cm³/mol. The molecule has 1 aliphatic heterocycles. The summed E-state index contributed by atoms with van der Waals surface area (Å²) in [6.45, 7) is 7.58. The monoisotopic (exact) mass is 212 g/mol. The van der Waals surface area contributed by atoms with Gasteiger partial charge in [-0.05, 0) is 32.4 Å². The quantitative estimate of drug-likeness (QED) is 0.672. The summed E-state index contributed by atoms with van der Waals surface area (Å²) in [7, 11) is 0. The van der Waals surface area contributed by atoms with E-state index in [4.69, 9.17) is 0 Å². The molecule has 1 N–H and O–H groups in total. The van der Waals surface area contributed by atoms with E-state index in [0.717, 1.165) is 26.1 Å². The van der Waals surface area contributed by atoms with Gasteiger partial charge in [-0.2, -0.15) is 0 Å². The molecule has 1 unspecified atom stereocenters. The first-order valence-corrected chi connectivity index (χ1v) is 5.60. The van der Waals surface area contributed by atoms with E-state index in [-0.39, 0.29) is 18.1 Å². The van der Waals surface area contributed by atoms with Crippen LogP contribution in [-0.4, -0.2) is 42.8 Å². The molecule has 1 rings (SSSR count). The Morgan fingerprint density at radius 3 is 2.73 bits per heavy atom. The van der Waals surface area contributed by atoms with Crippen molar-refractivity contribution in [2.45, 2.75) is 26.7 Å². The number of hydrogen-bond acceptors (Lipinski definition) is 3. The highest BCUT2D eigenvalue weighted by Crippen LogP contribution is 2.14. The van der Waals surface area contributed by atoms with Gasteiger partial charge < -0.3 is 10.2 Å². The van der Waals surface area contributed by atoms with Crippen LogP contribution in [0.2, 0.25) is 0 Å². The van der Waals surface area contributed by atoms with Crippen LogP contribution in [0, 0.1) is 5.92 Å². The third kappa shape index (κ3) is 4.42. The largest absolute Gasteiger partial charge is 0.355 e. The van der Waals surface area contributed by atoms with Gasteiger partial charge in [-0.3, -0.25) is 9.59 Å². The molecule has 15 heavy (non-hydrogen) atoms. The summed E-state index contributed by atoms with van der Waals surface area (Å²) in [5.41, 5.74) is 0. The zero-order chi connectivity index (χ0) is 11.3. The first-order chi connectivity index (χ1) is 7.11. The molecule has 1 aliphatic rings.